The molecule has 3 N–H and O–H groups in total. The fourth-order valence-corrected chi connectivity index (χ4v) is 2.55. The quantitative estimate of drug-likeness (QED) is 0.626. The van der Waals surface area contributed by atoms with E-state index < -0.39 is 21.5 Å². The van der Waals surface area contributed by atoms with Crippen molar-refractivity contribution in [3.05, 3.63) is 0 Å². The third kappa shape index (κ3) is 1.89. The summed E-state index contributed by atoms with van der Waals surface area (Å²) in [4.78, 5) is 10.7. The summed E-state index contributed by atoms with van der Waals surface area (Å²) in [5.74, 6) is -1.17. The van der Waals surface area contributed by atoms with Gasteiger partial charge in [0.1, 0.15) is 5.54 Å². The topological polar surface area (TPSA) is 101 Å². The molecule has 14 heavy (non-hydrogen) atoms. The predicted molar refractivity (Wildman–Crippen MR) is 50.2 cm³/mol. The molecular formula is C7H14N2O4S. The molecule has 1 atom stereocenters. The van der Waals surface area contributed by atoms with Crippen molar-refractivity contribution in [1.82, 2.24) is 4.31 Å². The fourth-order valence-electron chi connectivity index (χ4n) is 1.39. The van der Waals surface area contributed by atoms with Gasteiger partial charge in [0.05, 0.1) is 5.75 Å². The van der Waals surface area contributed by atoms with Crippen molar-refractivity contribution in [1.29, 1.82) is 0 Å². The molecule has 1 rings (SSSR count). The van der Waals surface area contributed by atoms with Gasteiger partial charge in [-0.05, 0) is 13.3 Å². The minimum absolute atomic E-state index is 0.0251. The Kier molecular flexibility index (Phi) is 2.84. The van der Waals surface area contributed by atoms with Crippen LogP contribution in [0.1, 0.15) is 13.3 Å². The van der Waals surface area contributed by atoms with Gasteiger partial charge in [-0.3, -0.25) is 4.79 Å². The van der Waals surface area contributed by atoms with E-state index in [1.165, 1.54) is 6.92 Å². The smallest absolute Gasteiger partial charge is 0.325 e. The van der Waals surface area contributed by atoms with Crippen LogP contribution >= 0.6 is 0 Å². The number of carboxylic acid groups (broad SMARTS) is 1. The van der Waals surface area contributed by atoms with E-state index >= 15 is 0 Å². The van der Waals surface area contributed by atoms with E-state index in [1.54, 1.807) is 0 Å². The first-order chi connectivity index (χ1) is 6.32. The van der Waals surface area contributed by atoms with Gasteiger partial charge in [0.25, 0.3) is 0 Å². The molecule has 0 bridgehead atoms. The number of hydrogen-bond acceptors (Lipinski definition) is 4. The van der Waals surface area contributed by atoms with Crippen LogP contribution in [0.2, 0.25) is 0 Å². The Morgan fingerprint density at radius 1 is 1.64 bits per heavy atom. The number of hydrogen-bond donors (Lipinski definition) is 2. The van der Waals surface area contributed by atoms with Gasteiger partial charge in [-0.1, -0.05) is 0 Å². The van der Waals surface area contributed by atoms with E-state index in [4.69, 9.17) is 10.8 Å². The Balaban J connectivity index is 2.81. The van der Waals surface area contributed by atoms with E-state index in [-0.39, 0.29) is 25.3 Å². The first kappa shape index (κ1) is 11.4. The zero-order valence-corrected chi connectivity index (χ0v) is 8.75. The highest BCUT2D eigenvalue weighted by Crippen LogP contribution is 2.21. The summed E-state index contributed by atoms with van der Waals surface area (Å²) in [5, 5.41) is 8.78. The number of nitrogens with two attached hydrogens (primary N) is 1. The molecule has 82 valence electrons. The van der Waals surface area contributed by atoms with Gasteiger partial charge >= 0.3 is 5.97 Å². The van der Waals surface area contributed by atoms with Gasteiger partial charge in [0, 0.05) is 13.1 Å². The lowest BCUT2D eigenvalue weighted by molar-refractivity contribution is -0.142. The van der Waals surface area contributed by atoms with Crippen LogP contribution in [-0.4, -0.2) is 48.2 Å². The van der Waals surface area contributed by atoms with E-state index in [0.717, 1.165) is 4.31 Å². The first-order valence-corrected chi connectivity index (χ1v) is 5.93. The highest BCUT2D eigenvalue weighted by atomic mass is 32.2. The molecule has 1 saturated heterocycles. The first-order valence-electron chi connectivity index (χ1n) is 4.32. The Morgan fingerprint density at radius 3 is 2.57 bits per heavy atom. The fraction of sp³-hybridized carbons (Fsp3) is 0.857. The van der Waals surface area contributed by atoms with Crippen LogP contribution < -0.4 is 5.73 Å². The molecule has 0 saturated carbocycles. The van der Waals surface area contributed by atoms with Gasteiger partial charge in [-0.25, -0.2) is 8.42 Å². The molecule has 0 spiro atoms. The largest absolute Gasteiger partial charge is 0.480 e. The Labute approximate surface area is 82.7 Å². The molecule has 6 nitrogen and oxygen atoms in total. The van der Waals surface area contributed by atoms with Crippen molar-refractivity contribution in [3.63, 3.8) is 0 Å². The van der Waals surface area contributed by atoms with E-state index in [1.807, 2.05) is 0 Å². The SMILES string of the molecule is CCS(=O)(=O)N1CCC(N)(C(=O)O)C1. The molecule has 0 aromatic rings. The molecule has 1 heterocycles. The summed E-state index contributed by atoms with van der Waals surface area (Å²) >= 11 is 0. The summed E-state index contributed by atoms with van der Waals surface area (Å²) < 4.78 is 23.9. The normalized spacial score (nSPS) is 29.3. The maximum atomic E-state index is 11.4. The van der Waals surface area contributed by atoms with E-state index in [0.29, 0.717) is 0 Å². The van der Waals surface area contributed by atoms with Crippen LogP contribution in [0.4, 0.5) is 0 Å². The summed E-state index contributed by atoms with van der Waals surface area (Å²) in [7, 11) is -3.31. The molecule has 0 aromatic heterocycles. The van der Waals surface area contributed by atoms with Crippen molar-refractivity contribution in [3.8, 4) is 0 Å². The van der Waals surface area contributed by atoms with Gasteiger partial charge < -0.3 is 10.8 Å². The number of nitrogens with zero attached hydrogens (tertiary/aromatic N) is 1. The second-order valence-electron chi connectivity index (χ2n) is 3.45. The minimum atomic E-state index is -3.31. The average molecular weight is 222 g/mol. The molecule has 0 amide bonds. The summed E-state index contributed by atoms with van der Waals surface area (Å²) in [5.41, 5.74) is 4.12. The molecule has 7 heteroatoms. The van der Waals surface area contributed by atoms with Gasteiger partial charge in [0.2, 0.25) is 10.0 Å². The third-order valence-electron chi connectivity index (χ3n) is 2.45. The number of rotatable bonds is 3. The monoisotopic (exact) mass is 222 g/mol. The highest BCUT2D eigenvalue weighted by Gasteiger charge is 2.44. The van der Waals surface area contributed by atoms with Crippen LogP contribution in [0.25, 0.3) is 0 Å². The molecule has 1 aliphatic heterocycles. The summed E-state index contributed by atoms with van der Waals surface area (Å²) in [6.45, 7) is 1.59. The second kappa shape index (κ2) is 3.48. The molecule has 1 fully saturated rings. The van der Waals surface area contributed by atoms with Gasteiger partial charge in [0.15, 0.2) is 0 Å². The predicted octanol–water partition coefficient (Wildman–Crippen LogP) is -1.18. The number of sulfonamides is 1. The van der Waals surface area contributed by atoms with Crippen LogP contribution in [-0.2, 0) is 14.8 Å². The number of carboxylic acids is 1. The van der Waals surface area contributed by atoms with Crippen LogP contribution in [0.5, 0.6) is 0 Å². The molecular weight excluding hydrogens is 208 g/mol. The highest BCUT2D eigenvalue weighted by molar-refractivity contribution is 7.89. The lowest BCUT2D eigenvalue weighted by atomic mass is 10.0. The second-order valence-corrected chi connectivity index (χ2v) is 5.70. The van der Waals surface area contributed by atoms with Gasteiger partial charge in [-0.15, -0.1) is 0 Å². The average Bonchev–Trinajstić information content (AvgIpc) is 2.50. The van der Waals surface area contributed by atoms with Crippen LogP contribution in [0, 0.1) is 0 Å². The molecule has 0 aromatic carbocycles. The number of aliphatic carboxylic acids is 1. The van der Waals surface area contributed by atoms with Gasteiger partial charge in [-0.2, -0.15) is 4.31 Å². The van der Waals surface area contributed by atoms with Crippen molar-refractivity contribution < 1.29 is 18.3 Å². The lowest BCUT2D eigenvalue weighted by Gasteiger charge is -2.19. The zero-order valence-electron chi connectivity index (χ0n) is 7.93. The van der Waals surface area contributed by atoms with E-state index in [9.17, 15) is 13.2 Å². The van der Waals surface area contributed by atoms with Crippen LogP contribution in [0.3, 0.4) is 0 Å². The maximum absolute atomic E-state index is 11.4. The minimum Gasteiger partial charge on any atom is -0.480 e. The molecule has 1 unspecified atom stereocenters. The van der Waals surface area contributed by atoms with Crippen molar-refractivity contribution in [2.75, 3.05) is 18.8 Å². The Morgan fingerprint density at radius 2 is 2.21 bits per heavy atom. The summed E-state index contributed by atoms with van der Waals surface area (Å²) in [6.07, 6.45) is 0.168. The lowest BCUT2D eigenvalue weighted by Crippen LogP contribution is -2.50. The van der Waals surface area contributed by atoms with Crippen molar-refractivity contribution >= 4 is 16.0 Å². The van der Waals surface area contributed by atoms with Crippen LogP contribution in [0.15, 0.2) is 0 Å². The maximum Gasteiger partial charge on any atom is 0.325 e. The Bertz CT molecular complexity index is 340. The van der Waals surface area contributed by atoms with Crippen molar-refractivity contribution in [2.24, 2.45) is 5.73 Å². The Hall–Kier alpha value is -0.660. The molecule has 1 aliphatic rings. The standard InChI is InChI=1S/C7H14N2O4S/c1-2-14(12,13)9-4-3-7(8,5-9)6(10)11/h2-5,8H2,1H3,(H,10,11). The molecule has 0 radical (unpaired) electrons. The van der Waals surface area contributed by atoms with E-state index in [2.05, 4.69) is 0 Å². The summed E-state index contributed by atoms with van der Waals surface area (Å²) in [6, 6.07) is 0. The zero-order chi connectivity index (χ0) is 11.0. The third-order valence-corrected chi connectivity index (χ3v) is 4.28. The number of carbonyl (C=O) groups is 1. The van der Waals surface area contributed by atoms with Crippen molar-refractivity contribution in [2.45, 2.75) is 18.9 Å². The molecule has 0 aliphatic carbocycles.